The first-order chi connectivity index (χ1) is 6.00. The van der Waals surface area contributed by atoms with Gasteiger partial charge in [0.05, 0.1) is 8.95 Å². The summed E-state index contributed by atoms with van der Waals surface area (Å²) in [6, 6.07) is 3.25. The highest BCUT2D eigenvalue weighted by Gasteiger charge is 2.06. The van der Waals surface area contributed by atoms with Gasteiger partial charge in [0.15, 0.2) is 0 Å². The number of phenols is 1. The molecule has 0 radical (unpaired) electrons. The van der Waals surface area contributed by atoms with E-state index in [4.69, 9.17) is 0 Å². The first-order valence-corrected chi connectivity index (χ1v) is 5.05. The van der Waals surface area contributed by atoms with Crippen molar-refractivity contribution in [3.05, 3.63) is 21.1 Å². The highest BCUT2D eigenvalue weighted by molar-refractivity contribution is 9.11. The molecule has 0 aliphatic carbocycles. The molecule has 0 spiro atoms. The van der Waals surface area contributed by atoms with Gasteiger partial charge < -0.3 is 10.4 Å². The average Bonchev–Trinajstić information content (AvgIpc) is 1.98. The van der Waals surface area contributed by atoms with E-state index in [1.54, 1.807) is 12.1 Å². The summed E-state index contributed by atoms with van der Waals surface area (Å²) in [4.78, 5) is 10.7. The Bertz CT molecular complexity index is 329. The van der Waals surface area contributed by atoms with E-state index in [1.807, 2.05) is 0 Å². The molecule has 13 heavy (non-hydrogen) atoms. The molecule has 0 aromatic heterocycles. The Kier molecular flexibility index (Phi) is 3.33. The van der Waals surface area contributed by atoms with E-state index in [0.29, 0.717) is 14.6 Å². The predicted molar refractivity (Wildman–Crippen MR) is 57.8 cm³/mol. The largest absolute Gasteiger partial charge is 0.506 e. The molecule has 1 rings (SSSR count). The first-order valence-electron chi connectivity index (χ1n) is 3.46. The minimum atomic E-state index is -0.149. The van der Waals surface area contributed by atoms with Crippen LogP contribution in [-0.2, 0) is 4.79 Å². The van der Waals surface area contributed by atoms with Crippen LogP contribution in [0.2, 0.25) is 0 Å². The van der Waals surface area contributed by atoms with E-state index in [1.165, 1.54) is 6.92 Å². The fourth-order valence-corrected chi connectivity index (χ4v) is 2.03. The molecule has 2 N–H and O–H groups in total. The minimum absolute atomic E-state index is 0.120. The van der Waals surface area contributed by atoms with Crippen LogP contribution >= 0.6 is 31.9 Å². The number of benzene rings is 1. The van der Waals surface area contributed by atoms with Crippen molar-refractivity contribution in [2.45, 2.75) is 6.92 Å². The molecule has 0 unspecified atom stereocenters. The minimum Gasteiger partial charge on any atom is -0.506 e. The lowest BCUT2D eigenvalue weighted by atomic mass is 10.3. The van der Waals surface area contributed by atoms with Gasteiger partial charge in [-0.2, -0.15) is 0 Å². The number of phenolic OH excluding ortho intramolecular Hbond substituents is 1. The van der Waals surface area contributed by atoms with Crippen molar-refractivity contribution in [3.63, 3.8) is 0 Å². The monoisotopic (exact) mass is 307 g/mol. The number of amides is 1. The quantitative estimate of drug-likeness (QED) is 0.784. The van der Waals surface area contributed by atoms with Gasteiger partial charge in [0.2, 0.25) is 5.91 Å². The second-order valence-corrected chi connectivity index (χ2v) is 4.18. The molecule has 0 heterocycles. The van der Waals surface area contributed by atoms with Crippen LogP contribution < -0.4 is 5.32 Å². The van der Waals surface area contributed by atoms with Crippen molar-refractivity contribution in [2.24, 2.45) is 0 Å². The maximum atomic E-state index is 10.7. The highest BCUT2D eigenvalue weighted by atomic mass is 79.9. The van der Waals surface area contributed by atoms with Crippen LogP contribution in [0.4, 0.5) is 5.69 Å². The number of carbonyl (C=O) groups excluding carboxylic acids is 1. The zero-order chi connectivity index (χ0) is 10.0. The van der Waals surface area contributed by atoms with Crippen LogP contribution in [0.3, 0.4) is 0 Å². The molecule has 0 saturated heterocycles. The number of nitrogens with one attached hydrogen (secondary N) is 1. The molecule has 0 fully saturated rings. The van der Waals surface area contributed by atoms with Crippen LogP contribution in [-0.4, -0.2) is 11.0 Å². The molecule has 0 bridgehead atoms. The molecule has 3 nitrogen and oxygen atoms in total. The molecule has 0 atom stereocenters. The van der Waals surface area contributed by atoms with Gasteiger partial charge in [-0.05, 0) is 44.0 Å². The maximum absolute atomic E-state index is 10.7. The fraction of sp³-hybridized carbons (Fsp3) is 0.125. The SMILES string of the molecule is CC(=O)Nc1cc(Br)c(O)c(Br)c1. The van der Waals surface area contributed by atoms with Crippen molar-refractivity contribution in [2.75, 3.05) is 5.32 Å². The second-order valence-electron chi connectivity index (χ2n) is 2.47. The molecule has 1 aromatic carbocycles. The van der Waals surface area contributed by atoms with E-state index in [-0.39, 0.29) is 11.7 Å². The molecular weight excluding hydrogens is 302 g/mol. The van der Waals surface area contributed by atoms with Gasteiger partial charge in [-0.1, -0.05) is 0 Å². The first kappa shape index (κ1) is 10.5. The van der Waals surface area contributed by atoms with Gasteiger partial charge in [-0.15, -0.1) is 0 Å². The standard InChI is InChI=1S/C8H7Br2NO2/c1-4(12)11-5-2-6(9)8(13)7(10)3-5/h2-3,13H,1H3,(H,11,12). The third-order valence-electron chi connectivity index (χ3n) is 1.34. The smallest absolute Gasteiger partial charge is 0.221 e. The molecule has 5 heteroatoms. The number of halogens is 2. The number of aromatic hydroxyl groups is 1. The van der Waals surface area contributed by atoms with Crippen molar-refractivity contribution >= 4 is 43.5 Å². The lowest BCUT2D eigenvalue weighted by Crippen LogP contribution is -2.05. The maximum Gasteiger partial charge on any atom is 0.221 e. The average molecular weight is 309 g/mol. The molecule has 70 valence electrons. The summed E-state index contributed by atoms with van der Waals surface area (Å²) in [5.41, 5.74) is 0.629. The van der Waals surface area contributed by atoms with Crippen LogP contribution in [0.5, 0.6) is 5.75 Å². The van der Waals surface area contributed by atoms with Crippen LogP contribution in [0.25, 0.3) is 0 Å². The van der Waals surface area contributed by atoms with E-state index >= 15 is 0 Å². The molecule has 0 saturated carbocycles. The summed E-state index contributed by atoms with van der Waals surface area (Å²) in [7, 11) is 0. The molecule has 1 amide bonds. The number of rotatable bonds is 1. The number of hydrogen-bond acceptors (Lipinski definition) is 2. The Balaban J connectivity index is 3.06. The Morgan fingerprint density at radius 1 is 1.38 bits per heavy atom. The number of anilines is 1. The van der Waals surface area contributed by atoms with E-state index in [0.717, 1.165) is 0 Å². The van der Waals surface area contributed by atoms with E-state index in [9.17, 15) is 9.90 Å². The van der Waals surface area contributed by atoms with E-state index in [2.05, 4.69) is 37.2 Å². The van der Waals surface area contributed by atoms with Crippen LogP contribution in [0.1, 0.15) is 6.92 Å². The summed E-state index contributed by atoms with van der Waals surface area (Å²) in [6.07, 6.45) is 0. The fourth-order valence-electron chi connectivity index (χ4n) is 0.841. The normalized spacial score (nSPS) is 9.77. The molecular formula is C8H7Br2NO2. The summed E-state index contributed by atoms with van der Waals surface area (Å²) in [5, 5.41) is 12.0. The van der Waals surface area contributed by atoms with Gasteiger partial charge in [-0.3, -0.25) is 4.79 Å². The summed E-state index contributed by atoms with van der Waals surface area (Å²) in [5.74, 6) is -0.0291. The Labute approximate surface area is 92.4 Å². The van der Waals surface area contributed by atoms with Crippen molar-refractivity contribution in [1.29, 1.82) is 0 Å². The summed E-state index contributed by atoms with van der Waals surface area (Å²) < 4.78 is 1.07. The van der Waals surface area contributed by atoms with Gasteiger partial charge >= 0.3 is 0 Å². The Morgan fingerprint density at radius 2 is 1.85 bits per heavy atom. The zero-order valence-corrected chi connectivity index (χ0v) is 9.94. The lowest BCUT2D eigenvalue weighted by molar-refractivity contribution is -0.114. The van der Waals surface area contributed by atoms with Crippen molar-refractivity contribution < 1.29 is 9.90 Å². The van der Waals surface area contributed by atoms with Crippen molar-refractivity contribution in [3.8, 4) is 5.75 Å². The van der Waals surface area contributed by atoms with Gasteiger partial charge in [-0.25, -0.2) is 0 Å². The molecule has 0 aliphatic heterocycles. The van der Waals surface area contributed by atoms with Gasteiger partial charge in [0.25, 0.3) is 0 Å². The highest BCUT2D eigenvalue weighted by Crippen LogP contribution is 2.35. The second kappa shape index (κ2) is 4.11. The molecule has 1 aromatic rings. The van der Waals surface area contributed by atoms with Gasteiger partial charge in [0.1, 0.15) is 5.75 Å². The topological polar surface area (TPSA) is 49.3 Å². The van der Waals surface area contributed by atoms with Gasteiger partial charge in [0, 0.05) is 12.6 Å². The summed E-state index contributed by atoms with van der Waals surface area (Å²) >= 11 is 6.31. The lowest BCUT2D eigenvalue weighted by Gasteiger charge is -2.05. The van der Waals surface area contributed by atoms with Crippen LogP contribution in [0.15, 0.2) is 21.1 Å². The van der Waals surface area contributed by atoms with E-state index < -0.39 is 0 Å². The third kappa shape index (κ3) is 2.70. The Morgan fingerprint density at radius 3 is 2.23 bits per heavy atom. The predicted octanol–water partition coefficient (Wildman–Crippen LogP) is 2.88. The summed E-state index contributed by atoms with van der Waals surface area (Å²) in [6.45, 7) is 1.43. The van der Waals surface area contributed by atoms with Crippen molar-refractivity contribution in [1.82, 2.24) is 0 Å². The zero-order valence-electron chi connectivity index (χ0n) is 6.77. The third-order valence-corrected chi connectivity index (χ3v) is 2.55. The number of hydrogen-bond donors (Lipinski definition) is 2. The number of carbonyl (C=O) groups is 1. The molecule has 0 aliphatic rings. The Hall–Kier alpha value is -0.550. The van der Waals surface area contributed by atoms with Crippen LogP contribution in [0, 0.1) is 0 Å².